The van der Waals surface area contributed by atoms with E-state index in [0.29, 0.717) is 13.2 Å². The van der Waals surface area contributed by atoms with Crippen molar-refractivity contribution in [3.63, 3.8) is 0 Å². The molecule has 1 aromatic heterocycles. The molecule has 1 saturated heterocycles. The summed E-state index contributed by atoms with van der Waals surface area (Å²) in [7, 11) is 0. The Labute approximate surface area is 115 Å². The van der Waals surface area contributed by atoms with E-state index < -0.39 is 0 Å². The molecule has 0 bridgehead atoms. The van der Waals surface area contributed by atoms with Crippen molar-refractivity contribution in [3.8, 4) is 0 Å². The van der Waals surface area contributed by atoms with Crippen LogP contribution in [0.3, 0.4) is 0 Å². The van der Waals surface area contributed by atoms with Crippen LogP contribution in [0, 0.1) is 0 Å². The van der Waals surface area contributed by atoms with Crippen molar-refractivity contribution in [3.05, 3.63) is 24.3 Å². The molecule has 96 valence electrons. The highest BCUT2D eigenvalue weighted by molar-refractivity contribution is 8.01. The van der Waals surface area contributed by atoms with E-state index in [9.17, 15) is 0 Å². The van der Waals surface area contributed by atoms with Crippen LogP contribution in [0.2, 0.25) is 0 Å². The second-order valence-corrected chi connectivity index (χ2v) is 6.75. The summed E-state index contributed by atoms with van der Waals surface area (Å²) < 4.78 is 13.5. The minimum absolute atomic E-state index is 0.385. The lowest BCUT2D eigenvalue weighted by Gasteiger charge is -2.21. The Morgan fingerprint density at radius 2 is 2.11 bits per heavy atom. The van der Waals surface area contributed by atoms with Crippen LogP contribution in [0.15, 0.2) is 28.6 Å². The second-order valence-electron chi connectivity index (χ2n) is 4.38. The molecule has 0 aliphatic carbocycles. The number of para-hydroxylation sites is 1. The van der Waals surface area contributed by atoms with Gasteiger partial charge in [-0.05, 0) is 19.1 Å². The smallest absolute Gasteiger partial charge is 0.166 e. The Morgan fingerprint density at radius 1 is 1.33 bits per heavy atom. The Balaban J connectivity index is 1.59. The average molecular weight is 281 g/mol. The zero-order valence-corrected chi connectivity index (χ0v) is 11.9. The van der Waals surface area contributed by atoms with Gasteiger partial charge in [0.15, 0.2) is 10.1 Å². The fourth-order valence-electron chi connectivity index (χ4n) is 1.94. The summed E-state index contributed by atoms with van der Waals surface area (Å²) in [6.07, 6.45) is 0.896. The molecule has 1 fully saturated rings. The Kier molecular flexibility index (Phi) is 3.56. The van der Waals surface area contributed by atoms with Crippen molar-refractivity contribution in [1.82, 2.24) is 4.98 Å². The maximum Gasteiger partial charge on any atom is 0.166 e. The molecule has 0 unspecified atom stereocenters. The lowest BCUT2D eigenvalue weighted by molar-refractivity contribution is -0.142. The van der Waals surface area contributed by atoms with Crippen LogP contribution >= 0.6 is 23.1 Å². The third kappa shape index (κ3) is 2.69. The Bertz CT molecular complexity index is 502. The molecular weight excluding hydrogens is 266 g/mol. The Hall–Kier alpha value is -0.620. The van der Waals surface area contributed by atoms with Crippen LogP contribution in [-0.4, -0.2) is 29.7 Å². The normalized spacial score (nSPS) is 18.5. The molecule has 0 spiro atoms. The van der Waals surface area contributed by atoms with Crippen LogP contribution in [0.5, 0.6) is 0 Å². The summed E-state index contributed by atoms with van der Waals surface area (Å²) in [5, 5.41) is 0. The number of aromatic nitrogens is 1. The molecule has 1 aliphatic heterocycles. The number of benzene rings is 1. The molecule has 18 heavy (non-hydrogen) atoms. The van der Waals surface area contributed by atoms with E-state index in [0.717, 1.165) is 22.0 Å². The first-order valence-electron chi connectivity index (χ1n) is 6.01. The van der Waals surface area contributed by atoms with E-state index in [1.807, 2.05) is 13.0 Å². The van der Waals surface area contributed by atoms with E-state index in [1.165, 1.54) is 4.70 Å². The SMILES string of the molecule is CC1(CCSc2nc3ccccc3s2)OCCO1. The molecule has 2 aromatic rings. The highest BCUT2D eigenvalue weighted by atomic mass is 32.2. The predicted molar refractivity (Wildman–Crippen MR) is 75.3 cm³/mol. The van der Waals surface area contributed by atoms with Crippen LogP contribution in [-0.2, 0) is 9.47 Å². The third-order valence-corrected chi connectivity index (χ3v) is 5.14. The van der Waals surface area contributed by atoms with Gasteiger partial charge in [0.05, 0.1) is 23.4 Å². The van der Waals surface area contributed by atoms with Crippen LogP contribution < -0.4 is 0 Å². The molecule has 0 radical (unpaired) electrons. The first-order chi connectivity index (χ1) is 8.75. The number of thioether (sulfide) groups is 1. The van der Waals surface area contributed by atoms with Crippen molar-refractivity contribution in [2.75, 3.05) is 19.0 Å². The molecular formula is C13H15NO2S2. The minimum Gasteiger partial charge on any atom is -0.348 e. The molecule has 3 rings (SSSR count). The summed E-state index contributed by atoms with van der Waals surface area (Å²) in [4.78, 5) is 4.60. The first-order valence-corrected chi connectivity index (χ1v) is 7.82. The van der Waals surface area contributed by atoms with Gasteiger partial charge in [-0.1, -0.05) is 23.9 Å². The number of nitrogens with zero attached hydrogens (tertiary/aromatic N) is 1. The van der Waals surface area contributed by atoms with Crippen LogP contribution in [0.4, 0.5) is 0 Å². The van der Waals surface area contributed by atoms with Gasteiger partial charge in [-0.15, -0.1) is 11.3 Å². The average Bonchev–Trinajstić information content (AvgIpc) is 2.95. The molecule has 0 atom stereocenters. The number of ether oxygens (including phenoxy) is 2. The second kappa shape index (κ2) is 5.17. The largest absolute Gasteiger partial charge is 0.348 e. The van der Waals surface area contributed by atoms with Crippen molar-refractivity contribution in [2.24, 2.45) is 0 Å². The van der Waals surface area contributed by atoms with Gasteiger partial charge in [0.1, 0.15) is 0 Å². The summed E-state index contributed by atoms with van der Waals surface area (Å²) in [6, 6.07) is 8.25. The molecule has 3 nitrogen and oxygen atoms in total. The fraction of sp³-hybridized carbons (Fsp3) is 0.462. The monoisotopic (exact) mass is 281 g/mol. The lowest BCUT2D eigenvalue weighted by atomic mass is 10.2. The predicted octanol–water partition coefficient (Wildman–Crippen LogP) is 3.54. The summed E-state index contributed by atoms with van der Waals surface area (Å²) >= 11 is 3.53. The molecule has 0 amide bonds. The van der Waals surface area contributed by atoms with Crippen molar-refractivity contribution >= 4 is 33.3 Å². The van der Waals surface area contributed by atoms with Gasteiger partial charge >= 0.3 is 0 Å². The zero-order valence-electron chi connectivity index (χ0n) is 10.2. The van der Waals surface area contributed by atoms with Crippen LogP contribution in [0.1, 0.15) is 13.3 Å². The van der Waals surface area contributed by atoms with Crippen molar-refractivity contribution in [2.45, 2.75) is 23.5 Å². The number of hydrogen-bond donors (Lipinski definition) is 0. The quantitative estimate of drug-likeness (QED) is 0.802. The first kappa shape index (κ1) is 12.4. The van der Waals surface area contributed by atoms with Gasteiger partial charge in [0.2, 0.25) is 0 Å². The maximum absolute atomic E-state index is 5.58. The number of fused-ring (bicyclic) bond motifs is 1. The van der Waals surface area contributed by atoms with Crippen LogP contribution in [0.25, 0.3) is 10.2 Å². The molecule has 5 heteroatoms. The zero-order chi connectivity index (χ0) is 12.4. The van der Waals surface area contributed by atoms with Gasteiger partial charge in [0, 0.05) is 12.2 Å². The van der Waals surface area contributed by atoms with Gasteiger partial charge in [0.25, 0.3) is 0 Å². The maximum atomic E-state index is 5.58. The standard InChI is InChI=1S/C13H15NO2S2/c1-13(15-7-8-16-13)6-9-17-12-14-10-4-2-3-5-11(10)18-12/h2-5H,6-9H2,1H3. The van der Waals surface area contributed by atoms with Gasteiger partial charge < -0.3 is 9.47 Å². The summed E-state index contributed by atoms with van der Waals surface area (Å²) in [5.74, 6) is 0.583. The van der Waals surface area contributed by atoms with E-state index in [2.05, 4.69) is 23.2 Å². The van der Waals surface area contributed by atoms with Crippen molar-refractivity contribution < 1.29 is 9.47 Å². The molecule has 1 aromatic carbocycles. The van der Waals surface area contributed by atoms with Gasteiger partial charge in [-0.2, -0.15) is 0 Å². The molecule has 1 aliphatic rings. The van der Waals surface area contributed by atoms with E-state index in [-0.39, 0.29) is 5.79 Å². The number of thiazole rings is 1. The minimum atomic E-state index is -0.385. The highest BCUT2D eigenvalue weighted by Crippen LogP contribution is 2.32. The number of rotatable bonds is 4. The van der Waals surface area contributed by atoms with Crippen molar-refractivity contribution in [1.29, 1.82) is 0 Å². The van der Waals surface area contributed by atoms with Gasteiger partial charge in [-0.25, -0.2) is 4.98 Å². The highest BCUT2D eigenvalue weighted by Gasteiger charge is 2.30. The lowest BCUT2D eigenvalue weighted by Crippen LogP contribution is -2.26. The third-order valence-electron chi connectivity index (χ3n) is 2.95. The van der Waals surface area contributed by atoms with Gasteiger partial charge in [-0.3, -0.25) is 0 Å². The number of hydrogen-bond acceptors (Lipinski definition) is 5. The summed E-state index contributed by atoms with van der Waals surface area (Å²) in [5.41, 5.74) is 1.09. The van der Waals surface area contributed by atoms with E-state index in [1.54, 1.807) is 23.1 Å². The van der Waals surface area contributed by atoms with E-state index >= 15 is 0 Å². The molecule has 2 heterocycles. The summed E-state index contributed by atoms with van der Waals surface area (Å²) in [6.45, 7) is 3.43. The topological polar surface area (TPSA) is 31.4 Å². The van der Waals surface area contributed by atoms with E-state index in [4.69, 9.17) is 9.47 Å². The molecule has 0 N–H and O–H groups in total. The molecule has 0 saturated carbocycles. The fourth-order valence-corrected chi connectivity index (χ4v) is 4.20. The Morgan fingerprint density at radius 3 is 2.89 bits per heavy atom.